The number of carbonyl (C=O) groups is 1. The van der Waals surface area contributed by atoms with Crippen LogP contribution >= 0.6 is 0 Å². The van der Waals surface area contributed by atoms with Crippen LogP contribution in [0.25, 0.3) is 0 Å². The van der Waals surface area contributed by atoms with Gasteiger partial charge in [0.1, 0.15) is 5.54 Å². The molecule has 2 rings (SSSR count). The van der Waals surface area contributed by atoms with Crippen LogP contribution in [0.4, 0.5) is 0 Å². The Morgan fingerprint density at radius 3 is 2.53 bits per heavy atom. The van der Waals surface area contributed by atoms with Gasteiger partial charge in [-0.15, -0.1) is 0 Å². The van der Waals surface area contributed by atoms with Crippen LogP contribution < -0.4 is 5.32 Å². The third kappa shape index (κ3) is 3.09. The molecule has 1 saturated carbocycles. The van der Waals surface area contributed by atoms with E-state index in [0.29, 0.717) is 6.04 Å². The van der Waals surface area contributed by atoms with Crippen molar-refractivity contribution in [3.8, 4) is 0 Å². The molecule has 0 spiro atoms. The summed E-state index contributed by atoms with van der Waals surface area (Å²) in [5.41, 5.74) is -0.679. The predicted octanol–water partition coefficient (Wildman–Crippen LogP) is 0.609. The third-order valence-corrected chi connectivity index (χ3v) is 4.78. The molecule has 2 atom stereocenters. The summed E-state index contributed by atoms with van der Waals surface area (Å²) in [5, 5.41) is 12.7. The van der Waals surface area contributed by atoms with Gasteiger partial charge in [-0.25, -0.2) is 0 Å². The number of nitrogens with zero attached hydrogens (tertiary/aromatic N) is 2. The molecule has 1 aliphatic heterocycles. The Morgan fingerprint density at radius 2 is 2.00 bits per heavy atom. The average Bonchev–Trinajstić information content (AvgIpc) is 2.85. The van der Waals surface area contributed by atoms with Crippen molar-refractivity contribution >= 4 is 5.97 Å². The van der Waals surface area contributed by atoms with Crippen molar-refractivity contribution in [2.75, 3.05) is 39.3 Å². The maximum absolute atomic E-state index is 11.6. The van der Waals surface area contributed by atoms with Crippen molar-refractivity contribution in [1.29, 1.82) is 0 Å². The summed E-state index contributed by atoms with van der Waals surface area (Å²) in [7, 11) is 0. The van der Waals surface area contributed by atoms with Crippen molar-refractivity contribution < 1.29 is 9.90 Å². The zero-order valence-corrected chi connectivity index (χ0v) is 12.2. The number of carboxylic acid groups (broad SMARTS) is 1. The van der Waals surface area contributed by atoms with Gasteiger partial charge in [0, 0.05) is 32.2 Å². The van der Waals surface area contributed by atoms with Gasteiger partial charge < -0.3 is 15.3 Å². The number of rotatable bonds is 5. The van der Waals surface area contributed by atoms with E-state index in [-0.39, 0.29) is 0 Å². The van der Waals surface area contributed by atoms with Crippen molar-refractivity contribution in [1.82, 2.24) is 15.1 Å². The molecule has 0 radical (unpaired) electrons. The van der Waals surface area contributed by atoms with Crippen molar-refractivity contribution in [2.24, 2.45) is 0 Å². The molecular weight excluding hydrogens is 242 g/mol. The van der Waals surface area contributed by atoms with Gasteiger partial charge in [0.15, 0.2) is 0 Å². The van der Waals surface area contributed by atoms with Gasteiger partial charge in [-0.1, -0.05) is 13.8 Å². The van der Waals surface area contributed by atoms with E-state index in [1.54, 1.807) is 0 Å². The summed E-state index contributed by atoms with van der Waals surface area (Å²) >= 11 is 0. The highest BCUT2D eigenvalue weighted by molar-refractivity contribution is 5.79. The fraction of sp³-hybridized carbons (Fsp3) is 0.929. The number of hydrogen-bond donors (Lipinski definition) is 2. The van der Waals surface area contributed by atoms with Gasteiger partial charge >= 0.3 is 5.97 Å². The third-order valence-electron chi connectivity index (χ3n) is 4.78. The van der Waals surface area contributed by atoms with Crippen LogP contribution in [0.1, 0.15) is 33.1 Å². The monoisotopic (exact) mass is 269 g/mol. The second-order valence-electron chi connectivity index (χ2n) is 5.78. The van der Waals surface area contributed by atoms with Crippen LogP contribution in [0.2, 0.25) is 0 Å². The minimum absolute atomic E-state index is 0.439. The lowest BCUT2D eigenvalue weighted by molar-refractivity contribution is -0.144. The number of nitrogens with one attached hydrogen (secondary N) is 1. The van der Waals surface area contributed by atoms with Crippen LogP contribution in [0.3, 0.4) is 0 Å². The Bertz CT molecular complexity index is 316. The second kappa shape index (κ2) is 6.20. The van der Waals surface area contributed by atoms with Gasteiger partial charge in [0.2, 0.25) is 0 Å². The van der Waals surface area contributed by atoms with Crippen molar-refractivity contribution in [3.63, 3.8) is 0 Å². The standard InChI is InChI=1S/C14H27N3O2/c1-3-15-14(13(18)19)6-5-12(11-14)17-9-7-16(4-2)8-10-17/h12,15H,3-11H2,1-2H3,(H,18,19). The lowest BCUT2D eigenvalue weighted by atomic mass is 9.97. The zero-order chi connectivity index (χ0) is 13.9. The fourth-order valence-electron chi connectivity index (χ4n) is 3.54. The van der Waals surface area contributed by atoms with Crippen molar-refractivity contribution in [2.45, 2.75) is 44.7 Å². The second-order valence-corrected chi connectivity index (χ2v) is 5.78. The SMILES string of the molecule is CCNC1(C(=O)O)CCC(N2CCN(CC)CC2)C1. The Kier molecular flexibility index (Phi) is 4.81. The first kappa shape index (κ1) is 14.8. The molecule has 1 aliphatic carbocycles. The fourth-order valence-corrected chi connectivity index (χ4v) is 3.54. The van der Waals surface area contributed by atoms with Gasteiger partial charge in [-0.05, 0) is 32.4 Å². The minimum Gasteiger partial charge on any atom is -0.480 e. The van der Waals surface area contributed by atoms with E-state index in [9.17, 15) is 9.90 Å². The number of aliphatic carboxylic acids is 1. The highest BCUT2D eigenvalue weighted by atomic mass is 16.4. The molecular formula is C14H27N3O2. The van der Waals surface area contributed by atoms with Gasteiger partial charge in [-0.2, -0.15) is 0 Å². The number of hydrogen-bond acceptors (Lipinski definition) is 4. The smallest absolute Gasteiger partial charge is 0.323 e. The molecule has 2 unspecified atom stereocenters. The van der Waals surface area contributed by atoms with Crippen LogP contribution in [0.5, 0.6) is 0 Å². The Morgan fingerprint density at radius 1 is 1.32 bits per heavy atom. The van der Waals surface area contributed by atoms with Crippen LogP contribution in [0, 0.1) is 0 Å². The number of likely N-dealkylation sites (N-methyl/N-ethyl adjacent to an activating group) is 2. The largest absolute Gasteiger partial charge is 0.480 e. The van der Waals surface area contributed by atoms with E-state index in [1.165, 1.54) is 0 Å². The van der Waals surface area contributed by atoms with Crippen LogP contribution in [-0.2, 0) is 4.79 Å². The molecule has 1 heterocycles. The zero-order valence-electron chi connectivity index (χ0n) is 12.2. The summed E-state index contributed by atoms with van der Waals surface area (Å²) in [6.07, 6.45) is 2.52. The lowest BCUT2D eigenvalue weighted by Gasteiger charge is -2.38. The van der Waals surface area contributed by atoms with E-state index < -0.39 is 11.5 Å². The molecule has 1 saturated heterocycles. The highest BCUT2D eigenvalue weighted by Crippen LogP contribution is 2.33. The molecule has 19 heavy (non-hydrogen) atoms. The van der Waals surface area contributed by atoms with Crippen LogP contribution in [0.15, 0.2) is 0 Å². The van der Waals surface area contributed by atoms with E-state index in [2.05, 4.69) is 22.0 Å². The topological polar surface area (TPSA) is 55.8 Å². The first-order valence-corrected chi connectivity index (χ1v) is 7.56. The summed E-state index contributed by atoms with van der Waals surface area (Å²) in [4.78, 5) is 16.5. The molecule has 0 aromatic rings. The van der Waals surface area contributed by atoms with Gasteiger partial charge in [-0.3, -0.25) is 9.69 Å². The Labute approximate surface area is 115 Å². The molecule has 0 amide bonds. The summed E-state index contributed by atoms with van der Waals surface area (Å²) in [6.45, 7) is 10.4. The van der Waals surface area contributed by atoms with Crippen molar-refractivity contribution in [3.05, 3.63) is 0 Å². The summed E-state index contributed by atoms with van der Waals surface area (Å²) in [5.74, 6) is -0.677. The lowest BCUT2D eigenvalue weighted by Crippen LogP contribution is -2.53. The quantitative estimate of drug-likeness (QED) is 0.766. The van der Waals surface area contributed by atoms with Crippen LogP contribution in [-0.4, -0.2) is 71.7 Å². The van der Waals surface area contributed by atoms with E-state index >= 15 is 0 Å². The van der Waals surface area contributed by atoms with Gasteiger partial charge in [0.05, 0.1) is 0 Å². The number of carboxylic acids is 1. The first-order chi connectivity index (χ1) is 9.11. The highest BCUT2D eigenvalue weighted by Gasteiger charge is 2.46. The molecule has 2 fully saturated rings. The molecule has 5 nitrogen and oxygen atoms in total. The maximum Gasteiger partial charge on any atom is 0.323 e. The first-order valence-electron chi connectivity index (χ1n) is 7.56. The molecule has 2 N–H and O–H groups in total. The average molecular weight is 269 g/mol. The van der Waals surface area contributed by atoms with E-state index in [0.717, 1.165) is 58.5 Å². The summed E-state index contributed by atoms with van der Waals surface area (Å²) < 4.78 is 0. The minimum atomic E-state index is -0.679. The van der Waals surface area contributed by atoms with Gasteiger partial charge in [0.25, 0.3) is 0 Å². The van der Waals surface area contributed by atoms with E-state index in [4.69, 9.17) is 0 Å². The Hall–Kier alpha value is -0.650. The molecule has 0 aromatic carbocycles. The Balaban J connectivity index is 1.92. The molecule has 0 aromatic heterocycles. The molecule has 110 valence electrons. The summed E-state index contributed by atoms with van der Waals surface area (Å²) in [6, 6.07) is 0.439. The number of piperazine rings is 1. The maximum atomic E-state index is 11.6. The normalized spacial score (nSPS) is 33.7. The molecule has 5 heteroatoms. The van der Waals surface area contributed by atoms with E-state index in [1.807, 2.05) is 6.92 Å². The predicted molar refractivity (Wildman–Crippen MR) is 75.4 cm³/mol. The molecule has 2 aliphatic rings. The molecule has 0 bridgehead atoms.